The topological polar surface area (TPSA) is 76.1 Å². The molecule has 0 radical (unpaired) electrons. The largest absolute Gasteiger partial charge is 3.00 e. The quantitative estimate of drug-likeness (QED) is 0.454. The summed E-state index contributed by atoms with van der Waals surface area (Å²) in [5.74, 6) is -0.237. The predicted molar refractivity (Wildman–Crippen MR) is 87.7 cm³/mol. The minimum Gasteiger partial charge on any atom is -0.872 e. The van der Waals surface area contributed by atoms with Crippen LogP contribution in [0.1, 0.15) is 0 Å². The van der Waals surface area contributed by atoms with E-state index in [1.54, 1.807) is 24.3 Å². The van der Waals surface area contributed by atoms with E-state index < -0.39 is 0 Å². The molecule has 3 nitrogen and oxygen atoms in total. The minimum atomic E-state index is -0.118. The molecule has 24 heavy (non-hydrogen) atoms. The molecule has 0 bridgehead atoms. The van der Waals surface area contributed by atoms with Crippen LogP contribution in [0.25, 0.3) is 32.7 Å². The van der Waals surface area contributed by atoms with Crippen molar-refractivity contribution in [3.05, 3.63) is 72.8 Å². The third kappa shape index (κ3) is 2.94. The van der Waals surface area contributed by atoms with Crippen LogP contribution in [0.3, 0.4) is 0 Å². The molecule has 114 valence electrons. The van der Waals surface area contributed by atoms with Crippen LogP contribution in [0.5, 0.6) is 11.5 Å². The van der Waals surface area contributed by atoms with Gasteiger partial charge in [-0.15, -0.1) is 11.5 Å². The van der Waals surface area contributed by atoms with E-state index in [1.165, 1.54) is 0 Å². The summed E-state index contributed by atoms with van der Waals surface area (Å²) in [6.45, 7) is 0. The number of hydrogen-bond acceptors (Lipinski definition) is 3. The molecule has 4 heteroatoms. The molecule has 0 atom stereocenters. The van der Waals surface area contributed by atoms with E-state index in [2.05, 4.69) is 0 Å². The summed E-state index contributed by atoms with van der Waals surface area (Å²) < 4.78 is 0. The van der Waals surface area contributed by atoms with Gasteiger partial charge in [-0.25, -0.2) is 0 Å². The second-order valence-corrected chi connectivity index (χ2v) is 5.32. The standard InChI is InChI=1S/C20H14O2.La.H2O/c21-17-11-9-13-5-1-3-7-15(13)19(17)20-16-8-4-2-6-14(16)10-12-18(20)22;;/h1-12,21-22H;;1H2/q;+3;/p-3. The predicted octanol–water partition coefficient (Wildman–Crippen LogP) is 3.63. The second kappa shape index (κ2) is 7.37. The Labute approximate surface area is 167 Å². The van der Waals surface area contributed by atoms with Crippen molar-refractivity contribution in [1.29, 1.82) is 0 Å². The van der Waals surface area contributed by atoms with Gasteiger partial charge in [-0.05, 0) is 32.7 Å². The van der Waals surface area contributed by atoms with E-state index in [0.717, 1.165) is 21.5 Å². The Morgan fingerprint density at radius 1 is 0.500 bits per heavy atom. The van der Waals surface area contributed by atoms with Crippen LogP contribution in [0.15, 0.2) is 72.8 Å². The summed E-state index contributed by atoms with van der Waals surface area (Å²) in [6.07, 6.45) is 0. The van der Waals surface area contributed by atoms with E-state index in [-0.39, 0.29) is 52.6 Å². The van der Waals surface area contributed by atoms with E-state index >= 15 is 0 Å². The summed E-state index contributed by atoms with van der Waals surface area (Å²) >= 11 is 0. The summed E-state index contributed by atoms with van der Waals surface area (Å²) in [5.41, 5.74) is 1.000. The van der Waals surface area contributed by atoms with Crippen LogP contribution in [0.4, 0.5) is 0 Å². The maximum Gasteiger partial charge on any atom is 3.00 e. The van der Waals surface area contributed by atoms with Gasteiger partial charge in [-0.1, -0.05) is 72.8 Å². The number of fused-ring (bicyclic) bond motifs is 2. The average molecular weight is 440 g/mol. The molecule has 1 N–H and O–H groups in total. The zero-order valence-corrected chi connectivity index (χ0v) is 16.4. The van der Waals surface area contributed by atoms with Crippen LogP contribution in [-0.2, 0) is 0 Å². The van der Waals surface area contributed by atoms with E-state index in [4.69, 9.17) is 0 Å². The van der Waals surface area contributed by atoms with Gasteiger partial charge in [0.05, 0.1) is 0 Å². The van der Waals surface area contributed by atoms with Crippen LogP contribution >= 0.6 is 0 Å². The molecule has 0 amide bonds. The molecule has 0 saturated carbocycles. The Kier molecular flexibility index (Phi) is 5.68. The molecule has 0 spiro atoms. The molecule has 4 aromatic carbocycles. The van der Waals surface area contributed by atoms with Gasteiger partial charge in [-0.2, -0.15) is 0 Å². The summed E-state index contributed by atoms with van der Waals surface area (Å²) in [7, 11) is 0. The van der Waals surface area contributed by atoms with Gasteiger partial charge in [0.2, 0.25) is 0 Å². The van der Waals surface area contributed by atoms with Crippen molar-refractivity contribution in [2.24, 2.45) is 0 Å². The third-order valence-corrected chi connectivity index (χ3v) is 4.03. The van der Waals surface area contributed by atoms with Crippen molar-refractivity contribution < 1.29 is 51.3 Å². The third-order valence-electron chi connectivity index (χ3n) is 4.03. The average Bonchev–Trinajstić information content (AvgIpc) is 2.56. The smallest absolute Gasteiger partial charge is 0.872 e. The molecule has 0 saturated heterocycles. The zero-order chi connectivity index (χ0) is 15.1. The summed E-state index contributed by atoms with van der Waals surface area (Å²) in [6, 6.07) is 22.0. The minimum absolute atomic E-state index is 0. The zero-order valence-electron chi connectivity index (χ0n) is 12.8. The summed E-state index contributed by atoms with van der Waals surface area (Å²) in [4.78, 5) is 0. The van der Waals surface area contributed by atoms with Gasteiger partial charge in [0.1, 0.15) is 0 Å². The molecule has 4 rings (SSSR count). The Balaban J connectivity index is 0.00000104. The van der Waals surface area contributed by atoms with Crippen LogP contribution in [-0.4, -0.2) is 5.48 Å². The maximum atomic E-state index is 12.5. The first-order valence-corrected chi connectivity index (χ1v) is 7.13. The van der Waals surface area contributed by atoms with Gasteiger partial charge in [-0.3, -0.25) is 0 Å². The molecule has 4 aromatic rings. The number of benzene rings is 4. The second-order valence-electron chi connectivity index (χ2n) is 5.32. The Hall–Kier alpha value is -1.85. The van der Waals surface area contributed by atoms with Crippen molar-refractivity contribution in [3.63, 3.8) is 0 Å². The van der Waals surface area contributed by atoms with Gasteiger partial charge < -0.3 is 15.7 Å². The van der Waals surface area contributed by atoms with E-state index in [9.17, 15) is 10.2 Å². The molecule has 0 unspecified atom stereocenters. The fraction of sp³-hybridized carbons (Fsp3) is 0. The molecule has 0 aliphatic carbocycles. The van der Waals surface area contributed by atoms with Gasteiger partial charge in [0.15, 0.2) is 0 Å². The Morgan fingerprint density at radius 3 is 1.29 bits per heavy atom. The fourth-order valence-electron chi connectivity index (χ4n) is 3.02. The van der Waals surface area contributed by atoms with Gasteiger partial charge >= 0.3 is 35.6 Å². The first-order chi connectivity index (χ1) is 10.8. The maximum absolute atomic E-state index is 12.5. The molecule has 0 fully saturated rings. The normalized spacial score (nSPS) is 10.2. The molecule has 0 heterocycles. The molecule has 0 aromatic heterocycles. The first-order valence-electron chi connectivity index (χ1n) is 7.13. The SMILES string of the molecule is [La+3].[O-]c1ccc2ccccc2c1-c1c([O-])ccc2ccccc12.[OH-]. The Morgan fingerprint density at radius 2 is 0.875 bits per heavy atom. The van der Waals surface area contributed by atoms with Crippen LogP contribution < -0.4 is 10.2 Å². The monoisotopic (exact) mass is 440 g/mol. The van der Waals surface area contributed by atoms with Crippen molar-refractivity contribution >= 4 is 21.5 Å². The van der Waals surface area contributed by atoms with E-state index in [1.807, 2.05) is 48.5 Å². The van der Waals surface area contributed by atoms with Crippen molar-refractivity contribution in [3.8, 4) is 22.6 Å². The van der Waals surface area contributed by atoms with Gasteiger partial charge in [0.25, 0.3) is 0 Å². The number of rotatable bonds is 1. The van der Waals surface area contributed by atoms with Crippen LogP contribution in [0, 0.1) is 35.6 Å². The number of hydrogen-bond donors (Lipinski definition) is 0. The van der Waals surface area contributed by atoms with Crippen molar-refractivity contribution in [2.75, 3.05) is 0 Å². The summed E-state index contributed by atoms with van der Waals surface area (Å²) in [5, 5.41) is 28.6. The van der Waals surface area contributed by atoms with Crippen LogP contribution in [0.2, 0.25) is 0 Å². The molecular formula is C20H13LaO3. The molecular weight excluding hydrogens is 427 g/mol. The Bertz CT molecular complexity index is 929. The van der Waals surface area contributed by atoms with Crippen molar-refractivity contribution in [2.45, 2.75) is 0 Å². The van der Waals surface area contributed by atoms with Crippen molar-refractivity contribution in [1.82, 2.24) is 0 Å². The molecule has 0 aliphatic rings. The molecule has 0 aliphatic heterocycles. The van der Waals surface area contributed by atoms with E-state index in [0.29, 0.717) is 11.1 Å². The van der Waals surface area contributed by atoms with Gasteiger partial charge in [0, 0.05) is 0 Å². The first kappa shape index (κ1) is 18.5. The fourth-order valence-corrected chi connectivity index (χ4v) is 3.02.